The number of hydrogen-bond acceptors (Lipinski definition) is 5. The Hall–Kier alpha value is -4.08. The van der Waals surface area contributed by atoms with Crippen LogP contribution in [-0.2, 0) is 14.8 Å². The van der Waals surface area contributed by atoms with E-state index in [1.54, 1.807) is 36.4 Å². The predicted molar refractivity (Wildman–Crippen MR) is 151 cm³/mol. The van der Waals surface area contributed by atoms with Gasteiger partial charge in [-0.25, -0.2) is 13.2 Å². The van der Waals surface area contributed by atoms with E-state index in [0.717, 1.165) is 11.1 Å². The lowest BCUT2D eigenvalue weighted by molar-refractivity contribution is -0.115. The van der Waals surface area contributed by atoms with Crippen LogP contribution in [0.3, 0.4) is 0 Å². The molecule has 38 heavy (non-hydrogen) atoms. The van der Waals surface area contributed by atoms with Crippen molar-refractivity contribution in [2.24, 2.45) is 0 Å². The molecule has 4 aromatic carbocycles. The van der Waals surface area contributed by atoms with Crippen LogP contribution in [0.15, 0.2) is 107 Å². The van der Waals surface area contributed by atoms with Crippen LogP contribution >= 0.6 is 11.8 Å². The second-order valence-corrected chi connectivity index (χ2v) is 11.3. The van der Waals surface area contributed by atoms with Crippen LogP contribution in [0, 0.1) is 6.92 Å². The summed E-state index contributed by atoms with van der Waals surface area (Å²) in [5, 5.41) is 12.8. The van der Waals surface area contributed by atoms with Crippen molar-refractivity contribution in [1.29, 1.82) is 0 Å². The van der Waals surface area contributed by atoms with Gasteiger partial charge in [-0.15, -0.1) is 11.8 Å². The first-order valence-corrected chi connectivity index (χ1v) is 14.2. The van der Waals surface area contributed by atoms with Crippen LogP contribution in [0.4, 0.5) is 11.4 Å². The minimum absolute atomic E-state index is 0.0244. The van der Waals surface area contributed by atoms with Crippen LogP contribution in [0.2, 0.25) is 0 Å². The lowest BCUT2D eigenvalue weighted by Gasteiger charge is -2.17. The Kier molecular flexibility index (Phi) is 8.50. The van der Waals surface area contributed by atoms with E-state index in [1.807, 2.05) is 49.4 Å². The standard InChI is InChI=1S/C29H26N2O5S2/c1-20-9-8-10-21(17-20)24-18-26(31-38(35,36)23-13-6-3-7-14-23)25(29(33)34)19-27(24)37-16-15-28(32)30-22-11-4-2-5-12-22/h2-14,17-19,31H,15-16H2,1H3,(H,30,32)(H,33,34). The quantitative estimate of drug-likeness (QED) is 0.202. The van der Waals surface area contributed by atoms with Gasteiger partial charge in [-0.05, 0) is 54.4 Å². The van der Waals surface area contributed by atoms with Gasteiger partial charge in [-0.1, -0.05) is 66.2 Å². The number of aryl methyl sites for hydroxylation is 1. The summed E-state index contributed by atoms with van der Waals surface area (Å²) in [6.07, 6.45) is 0.206. The summed E-state index contributed by atoms with van der Waals surface area (Å²) in [5.41, 5.74) is 2.94. The van der Waals surface area contributed by atoms with Crippen LogP contribution in [0.25, 0.3) is 11.1 Å². The van der Waals surface area contributed by atoms with Gasteiger partial charge in [0.05, 0.1) is 16.1 Å². The first kappa shape index (κ1) is 27.0. The smallest absolute Gasteiger partial charge is 0.337 e. The largest absolute Gasteiger partial charge is 0.478 e. The number of carbonyl (C=O) groups is 2. The maximum Gasteiger partial charge on any atom is 0.337 e. The number of amides is 1. The number of carboxylic acid groups (broad SMARTS) is 1. The Labute approximate surface area is 226 Å². The van der Waals surface area contributed by atoms with Crippen molar-refractivity contribution in [2.45, 2.75) is 23.1 Å². The number of carbonyl (C=O) groups excluding carboxylic acids is 1. The van der Waals surface area contributed by atoms with Crippen molar-refractivity contribution in [2.75, 3.05) is 15.8 Å². The minimum atomic E-state index is -4.02. The fourth-order valence-corrected chi connectivity index (χ4v) is 5.93. The predicted octanol–water partition coefficient (Wildman–Crippen LogP) is 6.28. The van der Waals surface area contributed by atoms with Crippen molar-refractivity contribution in [3.63, 3.8) is 0 Å². The fraction of sp³-hybridized carbons (Fsp3) is 0.103. The summed E-state index contributed by atoms with van der Waals surface area (Å²) in [4.78, 5) is 25.3. The van der Waals surface area contributed by atoms with Gasteiger partial charge in [0, 0.05) is 22.8 Å². The highest BCUT2D eigenvalue weighted by Crippen LogP contribution is 2.37. The zero-order chi connectivity index (χ0) is 27.1. The van der Waals surface area contributed by atoms with Gasteiger partial charge in [0.1, 0.15) is 0 Å². The molecule has 0 heterocycles. The molecule has 3 N–H and O–H groups in total. The van der Waals surface area contributed by atoms with E-state index in [1.165, 1.54) is 30.0 Å². The summed E-state index contributed by atoms with van der Waals surface area (Å²) in [7, 11) is -4.02. The van der Waals surface area contributed by atoms with E-state index in [9.17, 15) is 23.1 Å². The van der Waals surface area contributed by atoms with Crippen LogP contribution in [-0.4, -0.2) is 31.2 Å². The number of benzene rings is 4. The Morgan fingerprint density at radius 3 is 2.21 bits per heavy atom. The van der Waals surface area contributed by atoms with E-state index in [0.29, 0.717) is 21.9 Å². The Bertz CT molecular complexity index is 1560. The average molecular weight is 547 g/mol. The van der Waals surface area contributed by atoms with Crippen molar-refractivity contribution in [1.82, 2.24) is 0 Å². The zero-order valence-corrected chi connectivity index (χ0v) is 22.2. The van der Waals surface area contributed by atoms with Crippen molar-refractivity contribution in [3.05, 3.63) is 108 Å². The van der Waals surface area contributed by atoms with E-state index in [-0.39, 0.29) is 28.5 Å². The first-order chi connectivity index (χ1) is 18.2. The van der Waals surface area contributed by atoms with Crippen molar-refractivity contribution < 1.29 is 23.1 Å². The van der Waals surface area contributed by atoms with E-state index < -0.39 is 16.0 Å². The van der Waals surface area contributed by atoms with Gasteiger partial charge < -0.3 is 10.4 Å². The number of anilines is 2. The molecule has 0 radical (unpaired) electrons. The SMILES string of the molecule is Cc1cccc(-c2cc(NS(=O)(=O)c3ccccc3)c(C(=O)O)cc2SCCC(=O)Nc2ccccc2)c1. The third-order valence-corrected chi connectivity index (χ3v) is 8.06. The van der Waals surface area contributed by atoms with Gasteiger partial charge in [0.15, 0.2) is 0 Å². The topological polar surface area (TPSA) is 113 Å². The molecule has 0 aromatic heterocycles. The molecular formula is C29H26N2O5S2. The van der Waals surface area contributed by atoms with E-state index in [4.69, 9.17) is 0 Å². The van der Waals surface area contributed by atoms with Gasteiger partial charge in [0.2, 0.25) is 5.91 Å². The highest BCUT2D eigenvalue weighted by Gasteiger charge is 2.22. The van der Waals surface area contributed by atoms with Gasteiger partial charge >= 0.3 is 5.97 Å². The van der Waals surface area contributed by atoms with E-state index in [2.05, 4.69) is 10.0 Å². The Morgan fingerprint density at radius 2 is 1.55 bits per heavy atom. The molecule has 0 saturated heterocycles. The molecule has 7 nitrogen and oxygen atoms in total. The molecule has 0 spiro atoms. The number of para-hydroxylation sites is 1. The molecule has 194 valence electrons. The molecule has 0 unspecified atom stereocenters. The van der Waals surface area contributed by atoms with Crippen LogP contribution in [0.5, 0.6) is 0 Å². The maximum absolute atomic E-state index is 13.0. The summed E-state index contributed by atoms with van der Waals surface area (Å²) in [5.74, 6) is -1.03. The molecule has 1 amide bonds. The molecule has 0 bridgehead atoms. The number of rotatable bonds is 10. The Balaban J connectivity index is 1.66. The molecular weight excluding hydrogens is 520 g/mol. The third kappa shape index (κ3) is 6.81. The monoisotopic (exact) mass is 546 g/mol. The number of aromatic carboxylic acids is 1. The number of sulfonamides is 1. The molecule has 0 aliphatic carbocycles. The Morgan fingerprint density at radius 1 is 0.868 bits per heavy atom. The average Bonchev–Trinajstić information content (AvgIpc) is 2.90. The molecule has 0 saturated carbocycles. The molecule has 9 heteroatoms. The number of nitrogens with one attached hydrogen (secondary N) is 2. The summed E-state index contributed by atoms with van der Waals surface area (Å²) >= 11 is 1.34. The van der Waals surface area contributed by atoms with Gasteiger partial charge in [0.25, 0.3) is 10.0 Å². The molecule has 0 aliphatic heterocycles. The number of hydrogen-bond donors (Lipinski definition) is 3. The van der Waals surface area contributed by atoms with Crippen LogP contribution in [0.1, 0.15) is 22.3 Å². The molecule has 0 aliphatic rings. The fourth-order valence-electron chi connectivity index (χ4n) is 3.80. The lowest BCUT2D eigenvalue weighted by atomic mass is 10.0. The zero-order valence-electron chi connectivity index (χ0n) is 20.5. The highest BCUT2D eigenvalue weighted by atomic mass is 32.2. The molecule has 0 atom stereocenters. The molecule has 0 fully saturated rings. The van der Waals surface area contributed by atoms with Crippen molar-refractivity contribution >= 4 is 45.0 Å². The van der Waals surface area contributed by atoms with Crippen LogP contribution < -0.4 is 10.0 Å². The lowest BCUT2D eigenvalue weighted by Crippen LogP contribution is -2.16. The summed E-state index contributed by atoms with van der Waals surface area (Å²) in [6.45, 7) is 1.94. The molecule has 4 rings (SSSR count). The summed E-state index contributed by atoms with van der Waals surface area (Å²) < 4.78 is 28.5. The number of thioether (sulfide) groups is 1. The van der Waals surface area contributed by atoms with Gasteiger partial charge in [-0.3, -0.25) is 9.52 Å². The number of carboxylic acids is 1. The normalized spacial score (nSPS) is 11.1. The summed E-state index contributed by atoms with van der Waals surface area (Å²) in [6, 6.07) is 27.5. The van der Waals surface area contributed by atoms with E-state index >= 15 is 0 Å². The molecule has 4 aromatic rings. The second kappa shape index (κ2) is 12.0. The van der Waals surface area contributed by atoms with Crippen molar-refractivity contribution in [3.8, 4) is 11.1 Å². The highest BCUT2D eigenvalue weighted by molar-refractivity contribution is 7.99. The minimum Gasteiger partial charge on any atom is -0.478 e. The maximum atomic E-state index is 13.0. The van der Waals surface area contributed by atoms with Gasteiger partial charge in [-0.2, -0.15) is 0 Å². The third-order valence-electron chi connectivity index (χ3n) is 5.62. The first-order valence-electron chi connectivity index (χ1n) is 11.8. The second-order valence-electron chi connectivity index (χ2n) is 8.50.